The maximum atomic E-state index is 13.0. The predicted molar refractivity (Wildman–Crippen MR) is 134 cm³/mol. The molecule has 192 valence electrons. The first-order chi connectivity index (χ1) is 17.2. The summed E-state index contributed by atoms with van der Waals surface area (Å²) in [5.41, 5.74) is 4.78. The Balaban J connectivity index is 1.56. The minimum Gasteiger partial charge on any atom is -0.458 e. The minimum atomic E-state index is -0.848. The van der Waals surface area contributed by atoms with Crippen molar-refractivity contribution < 1.29 is 28.7 Å². The Labute approximate surface area is 215 Å². The maximum Gasteiger partial charge on any atom is 0.339 e. The van der Waals surface area contributed by atoms with E-state index in [1.165, 1.54) is 24.3 Å². The Bertz CT molecular complexity index is 1100. The second-order valence-corrected chi connectivity index (χ2v) is 9.84. The fourth-order valence-corrected chi connectivity index (χ4v) is 4.46. The molecule has 0 unspecified atom stereocenters. The number of nitrogens with one attached hydrogen (secondary N) is 2. The molecule has 0 heterocycles. The zero-order chi connectivity index (χ0) is 26.2. The number of hydrogen-bond donors (Lipinski definition) is 2. The van der Waals surface area contributed by atoms with Crippen LogP contribution >= 0.6 is 11.6 Å². The zero-order valence-electron chi connectivity index (χ0n) is 20.6. The number of rotatable bonds is 7. The van der Waals surface area contributed by atoms with Gasteiger partial charge in [0.2, 0.25) is 0 Å². The second-order valence-electron chi connectivity index (χ2n) is 9.40. The Hall–Kier alpha value is -3.39. The first-order valence-corrected chi connectivity index (χ1v) is 12.4. The van der Waals surface area contributed by atoms with Crippen LogP contribution in [0.4, 0.5) is 0 Å². The average molecular weight is 515 g/mol. The van der Waals surface area contributed by atoms with Gasteiger partial charge in [0.15, 0.2) is 6.61 Å². The number of hydrazine groups is 1. The molecule has 1 saturated carbocycles. The van der Waals surface area contributed by atoms with E-state index in [0.29, 0.717) is 16.9 Å². The van der Waals surface area contributed by atoms with Gasteiger partial charge in [0.1, 0.15) is 6.10 Å². The molecule has 2 N–H and O–H groups in total. The SMILES string of the molecule is CC(C)[C@@H]1CC[C@@H](C)C[C@H]1OC(=O)c1ccccc1C(=O)OCC(=O)NNC(=O)c1ccc(Cl)cc1. The van der Waals surface area contributed by atoms with E-state index in [1.54, 1.807) is 24.3 Å². The molecule has 0 aromatic heterocycles. The highest BCUT2D eigenvalue weighted by Gasteiger charge is 2.34. The van der Waals surface area contributed by atoms with Gasteiger partial charge in [-0.05, 0) is 67.0 Å². The van der Waals surface area contributed by atoms with Crippen LogP contribution in [0.2, 0.25) is 5.02 Å². The van der Waals surface area contributed by atoms with Crippen molar-refractivity contribution in [2.24, 2.45) is 17.8 Å². The second kappa shape index (κ2) is 12.5. The summed E-state index contributed by atoms with van der Waals surface area (Å²) in [5.74, 6) is -1.66. The number of halogens is 1. The fourth-order valence-electron chi connectivity index (χ4n) is 4.34. The zero-order valence-corrected chi connectivity index (χ0v) is 21.3. The van der Waals surface area contributed by atoms with E-state index in [-0.39, 0.29) is 28.7 Å². The molecule has 8 nitrogen and oxygen atoms in total. The fraction of sp³-hybridized carbons (Fsp3) is 0.407. The van der Waals surface area contributed by atoms with Gasteiger partial charge in [0, 0.05) is 10.6 Å². The van der Waals surface area contributed by atoms with Gasteiger partial charge in [0.25, 0.3) is 11.8 Å². The van der Waals surface area contributed by atoms with E-state index in [4.69, 9.17) is 21.1 Å². The molecule has 0 bridgehead atoms. The molecule has 1 aliphatic rings. The summed E-state index contributed by atoms with van der Waals surface area (Å²) < 4.78 is 10.9. The Morgan fingerprint density at radius 2 is 1.58 bits per heavy atom. The summed E-state index contributed by atoms with van der Waals surface area (Å²) in [6.45, 7) is 5.73. The van der Waals surface area contributed by atoms with Crippen LogP contribution in [0.5, 0.6) is 0 Å². The quantitative estimate of drug-likeness (QED) is 0.413. The molecule has 2 aromatic rings. The van der Waals surface area contributed by atoms with Gasteiger partial charge >= 0.3 is 11.9 Å². The van der Waals surface area contributed by atoms with E-state index < -0.39 is 30.4 Å². The summed E-state index contributed by atoms with van der Waals surface area (Å²) in [4.78, 5) is 49.8. The molecule has 0 radical (unpaired) electrons. The third-order valence-electron chi connectivity index (χ3n) is 6.34. The van der Waals surface area contributed by atoms with Crippen LogP contribution in [-0.2, 0) is 14.3 Å². The van der Waals surface area contributed by atoms with E-state index >= 15 is 0 Å². The minimum absolute atomic E-state index is 0.00505. The van der Waals surface area contributed by atoms with Crippen molar-refractivity contribution in [3.63, 3.8) is 0 Å². The van der Waals surface area contributed by atoms with Gasteiger partial charge in [-0.2, -0.15) is 0 Å². The van der Waals surface area contributed by atoms with Crippen molar-refractivity contribution in [3.8, 4) is 0 Å². The lowest BCUT2D eigenvalue weighted by Gasteiger charge is -2.36. The topological polar surface area (TPSA) is 111 Å². The average Bonchev–Trinajstić information content (AvgIpc) is 2.86. The van der Waals surface area contributed by atoms with E-state index in [2.05, 4.69) is 31.6 Å². The summed E-state index contributed by atoms with van der Waals surface area (Å²) in [6, 6.07) is 12.3. The smallest absolute Gasteiger partial charge is 0.339 e. The number of carbonyl (C=O) groups is 4. The highest BCUT2D eigenvalue weighted by atomic mass is 35.5. The lowest BCUT2D eigenvalue weighted by atomic mass is 9.75. The maximum absolute atomic E-state index is 13.0. The van der Waals surface area contributed by atoms with Crippen molar-refractivity contribution in [1.29, 1.82) is 0 Å². The number of hydrogen-bond acceptors (Lipinski definition) is 6. The first-order valence-electron chi connectivity index (χ1n) is 12.0. The van der Waals surface area contributed by atoms with Crippen molar-refractivity contribution >= 4 is 35.4 Å². The molecule has 9 heteroatoms. The molecular weight excluding hydrogens is 484 g/mol. The van der Waals surface area contributed by atoms with E-state index in [0.717, 1.165) is 19.3 Å². The normalized spacial score (nSPS) is 19.3. The number of amides is 2. The monoisotopic (exact) mass is 514 g/mol. The van der Waals surface area contributed by atoms with Crippen LogP contribution in [0.3, 0.4) is 0 Å². The summed E-state index contributed by atoms with van der Waals surface area (Å²) in [5, 5.41) is 0.472. The summed E-state index contributed by atoms with van der Waals surface area (Å²) in [6.07, 6.45) is 2.65. The Kier molecular flexibility index (Phi) is 9.47. The van der Waals surface area contributed by atoms with Crippen LogP contribution < -0.4 is 10.9 Å². The van der Waals surface area contributed by atoms with E-state index in [9.17, 15) is 19.2 Å². The van der Waals surface area contributed by atoms with Crippen LogP contribution in [0.1, 0.15) is 71.1 Å². The Morgan fingerprint density at radius 1 is 0.944 bits per heavy atom. The molecule has 0 aliphatic heterocycles. The molecule has 1 fully saturated rings. The largest absolute Gasteiger partial charge is 0.458 e. The molecular formula is C27H31ClN2O6. The number of carbonyl (C=O) groups excluding carboxylic acids is 4. The van der Waals surface area contributed by atoms with Crippen molar-refractivity contribution in [2.45, 2.75) is 46.1 Å². The van der Waals surface area contributed by atoms with Crippen LogP contribution in [0, 0.1) is 17.8 Å². The van der Waals surface area contributed by atoms with Crippen molar-refractivity contribution in [1.82, 2.24) is 10.9 Å². The highest BCUT2D eigenvalue weighted by molar-refractivity contribution is 6.30. The van der Waals surface area contributed by atoms with Crippen LogP contribution in [0.25, 0.3) is 0 Å². The molecule has 1 aliphatic carbocycles. The molecule has 0 spiro atoms. The van der Waals surface area contributed by atoms with Crippen LogP contribution in [0.15, 0.2) is 48.5 Å². The number of benzene rings is 2. The summed E-state index contributed by atoms with van der Waals surface area (Å²) in [7, 11) is 0. The third-order valence-corrected chi connectivity index (χ3v) is 6.59. The van der Waals surface area contributed by atoms with E-state index in [1.807, 2.05) is 0 Å². The number of esters is 2. The van der Waals surface area contributed by atoms with Crippen molar-refractivity contribution in [2.75, 3.05) is 6.61 Å². The van der Waals surface area contributed by atoms with Gasteiger partial charge in [-0.3, -0.25) is 20.4 Å². The first kappa shape index (κ1) is 27.2. The van der Waals surface area contributed by atoms with Gasteiger partial charge in [-0.1, -0.05) is 50.9 Å². The standard InChI is InChI=1S/C27H31ClN2O6/c1-16(2)20-13-8-17(3)14-23(20)36-27(34)22-7-5-4-6-21(22)26(33)35-15-24(31)29-30-25(32)18-9-11-19(28)12-10-18/h4-7,9-12,16-17,20,23H,8,13-15H2,1-3H3,(H,29,31)(H,30,32)/t17-,20+,23-/m1/s1. The molecule has 36 heavy (non-hydrogen) atoms. The van der Waals surface area contributed by atoms with Gasteiger partial charge in [0.05, 0.1) is 11.1 Å². The third kappa shape index (κ3) is 7.31. The molecule has 0 saturated heterocycles. The lowest BCUT2D eigenvalue weighted by Crippen LogP contribution is -2.43. The van der Waals surface area contributed by atoms with Crippen LogP contribution in [-0.4, -0.2) is 36.5 Å². The predicted octanol–water partition coefficient (Wildman–Crippen LogP) is 4.58. The molecule has 3 atom stereocenters. The lowest BCUT2D eigenvalue weighted by molar-refractivity contribution is -0.125. The number of ether oxygens (including phenoxy) is 2. The van der Waals surface area contributed by atoms with Gasteiger partial charge in [-0.25, -0.2) is 9.59 Å². The van der Waals surface area contributed by atoms with Gasteiger partial charge < -0.3 is 9.47 Å². The summed E-state index contributed by atoms with van der Waals surface area (Å²) >= 11 is 5.79. The van der Waals surface area contributed by atoms with Crippen molar-refractivity contribution in [3.05, 3.63) is 70.2 Å². The molecule has 2 aromatic carbocycles. The Morgan fingerprint density at radius 3 is 2.22 bits per heavy atom. The molecule has 2 amide bonds. The molecule has 3 rings (SSSR count). The highest BCUT2D eigenvalue weighted by Crippen LogP contribution is 2.35. The van der Waals surface area contributed by atoms with Gasteiger partial charge in [-0.15, -0.1) is 0 Å².